The number of hydrogen-bond donors (Lipinski definition) is 2. The highest BCUT2D eigenvalue weighted by Crippen LogP contribution is 2.30. The van der Waals surface area contributed by atoms with Crippen LogP contribution in [0.2, 0.25) is 0 Å². The van der Waals surface area contributed by atoms with Crippen LogP contribution in [0.1, 0.15) is 24.4 Å². The molecule has 0 radical (unpaired) electrons. The lowest BCUT2D eigenvalue weighted by Gasteiger charge is -2.07. The van der Waals surface area contributed by atoms with Crippen molar-refractivity contribution in [3.63, 3.8) is 0 Å². The molecule has 0 aliphatic heterocycles. The molecule has 120 valence electrons. The molecular formula is C14H12F3N5O. The first-order chi connectivity index (χ1) is 10.8. The number of anilines is 2. The second-order valence-corrected chi connectivity index (χ2v) is 4.88. The van der Waals surface area contributed by atoms with Gasteiger partial charge in [-0.25, -0.2) is 4.98 Å². The molecule has 2 aromatic heterocycles. The van der Waals surface area contributed by atoms with Gasteiger partial charge in [-0.05, 0) is 31.2 Å². The van der Waals surface area contributed by atoms with Crippen LogP contribution in [0.3, 0.4) is 0 Å². The lowest BCUT2D eigenvalue weighted by Crippen LogP contribution is -2.06. The molecule has 1 unspecified atom stereocenters. The van der Waals surface area contributed by atoms with E-state index >= 15 is 0 Å². The Morgan fingerprint density at radius 1 is 1.17 bits per heavy atom. The lowest BCUT2D eigenvalue weighted by atomic mass is 10.2. The Morgan fingerprint density at radius 2 is 1.87 bits per heavy atom. The molecule has 0 amide bonds. The van der Waals surface area contributed by atoms with E-state index in [0.29, 0.717) is 17.2 Å². The number of aliphatic hydroxyl groups excluding tert-OH is 1. The molecule has 9 heteroatoms. The van der Waals surface area contributed by atoms with Crippen molar-refractivity contribution < 1.29 is 18.3 Å². The van der Waals surface area contributed by atoms with E-state index in [1.54, 1.807) is 13.0 Å². The summed E-state index contributed by atoms with van der Waals surface area (Å²) in [5.74, 6) is 0.509. The van der Waals surface area contributed by atoms with Crippen LogP contribution in [0.4, 0.5) is 24.8 Å². The summed E-state index contributed by atoms with van der Waals surface area (Å²) in [4.78, 5) is 8.21. The van der Waals surface area contributed by atoms with Gasteiger partial charge in [0.25, 0.3) is 0 Å². The van der Waals surface area contributed by atoms with Gasteiger partial charge in [-0.3, -0.25) is 0 Å². The summed E-state index contributed by atoms with van der Waals surface area (Å²) in [6.45, 7) is 1.55. The number of nitrogens with zero attached hydrogens (tertiary/aromatic N) is 4. The SMILES string of the molecule is CC(O)c1nccc2nc(Nc3ccc(C(F)(F)F)cc3)nn12. The van der Waals surface area contributed by atoms with Crippen molar-refractivity contribution in [3.05, 3.63) is 47.9 Å². The van der Waals surface area contributed by atoms with Crippen LogP contribution in [0.25, 0.3) is 5.65 Å². The van der Waals surface area contributed by atoms with Gasteiger partial charge in [-0.1, -0.05) is 0 Å². The number of benzene rings is 1. The Morgan fingerprint density at radius 3 is 2.48 bits per heavy atom. The van der Waals surface area contributed by atoms with E-state index in [4.69, 9.17) is 0 Å². The molecule has 1 aromatic carbocycles. The molecule has 0 bridgehead atoms. The fraction of sp³-hybridized carbons (Fsp3) is 0.214. The van der Waals surface area contributed by atoms with Crippen LogP contribution in [-0.4, -0.2) is 24.7 Å². The van der Waals surface area contributed by atoms with E-state index < -0.39 is 17.8 Å². The summed E-state index contributed by atoms with van der Waals surface area (Å²) in [5, 5.41) is 16.6. The van der Waals surface area contributed by atoms with Crippen LogP contribution in [0, 0.1) is 0 Å². The first-order valence-corrected chi connectivity index (χ1v) is 6.68. The Labute approximate surface area is 128 Å². The molecule has 1 atom stereocenters. The van der Waals surface area contributed by atoms with Crippen molar-refractivity contribution in [2.45, 2.75) is 19.2 Å². The molecule has 0 aliphatic carbocycles. The fourth-order valence-corrected chi connectivity index (χ4v) is 2.05. The standard InChI is InChI=1S/C14H12F3N5O/c1-8(23)12-18-7-6-11-20-13(21-22(11)12)19-10-4-2-9(3-5-10)14(15,16)17/h2-8,23H,1H3,(H,19,21). The number of aliphatic hydroxyl groups is 1. The van der Waals surface area contributed by atoms with Crippen molar-refractivity contribution in [1.82, 2.24) is 19.6 Å². The van der Waals surface area contributed by atoms with Crippen LogP contribution in [0.15, 0.2) is 36.5 Å². The number of fused-ring (bicyclic) bond motifs is 1. The Kier molecular flexibility index (Phi) is 3.64. The van der Waals surface area contributed by atoms with Gasteiger partial charge in [0, 0.05) is 18.0 Å². The quantitative estimate of drug-likeness (QED) is 0.775. The fourth-order valence-electron chi connectivity index (χ4n) is 2.05. The summed E-state index contributed by atoms with van der Waals surface area (Å²) in [7, 11) is 0. The molecule has 3 aromatic rings. The molecule has 0 spiro atoms. The summed E-state index contributed by atoms with van der Waals surface area (Å²) >= 11 is 0. The highest BCUT2D eigenvalue weighted by atomic mass is 19.4. The van der Waals surface area contributed by atoms with Crippen molar-refractivity contribution in [3.8, 4) is 0 Å². The highest BCUT2D eigenvalue weighted by Gasteiger charge is 2.29. The highest BCUT2D eigenvalue weighted by molar-refractivity contribution is 5.56. The Balaban J connectivity index is 1.88. The minimum absolute atomic E-state index is 0.194. The third kappa shape index (κ3) is 3.09. The van der Waals surface area contributed by atoms with Gasteiger partial charge >= 0.3 is 6.18 Å². The minimum atomic E-state index is -4.38. The summed E-state index contributed by atoms with van der Waals surface area (Å²) < 4.78 is 39.0. The lowest BCUT2D eigenvalue weighted by molar-refractivity contribution is -0.137. The molecule has 0 aliphatic rings. The predicted molar refractivity (Wildman–Crippen MR) is 76.1 cm³/mol. The normalized spacial score (nSPS) is 13.3. The van der Waals surface area contributed by atoms with Gasteiger partial charge in [0.2, 0.25) is 5.95 Å². The molecule has 2 N–H and O–H groups in total. The number of halogens is 3. The van der Waals surface area contributed by atoms with E-state index in [-0.39, 0.29) is 5.95 Å². The first kappa shape index (κ1) is 15.2. The van der Waals surface area contributed by atoms with Gasteiger partial charge in [0.05, 0.1) is 5.56 Å². The smallest absolute Gasteiger partial charge is 0.385 e. The van der Waals surface area contributed by atoms with E-state index in [9.17, 15) is 18.3 Å². The molecule has 23 heavy (non-hydrogen) atoms. The van der Waals surface area contributed by atoms with Gasteiger partial charge in [-0.2, -0.15) is 22.7 Å². The number of nitrogens with one attached hydrogen (secondary N) is 1. The average molecular weight is 323 g/mol. The zero-order valence-electron chi connectivity index (χ0n) is 11.9. The molecule has 0 saturated carbocycles. The Hall–Kier alpha value is -2.68. The zero-order valence-corrected chi connectivity index (χ0v) is 11.9. The van der Waals surface area contributed by atoms with Crippen molar-refractivity contribution in [2.24, 2.45) is 0 Å². The largest absolute Gasteiger partial charge is 0.416 e. The van der Waals surface area contributed by atoms with Crippen molar-refractivity contribution >= 4 is 17.3 Å². The maximum atomic E-state index is 12.5. The third-order valence-corrected chi connectivity index (χ3v) is 3.12. The molecule has 0 fully saturated rings. The molecule has 6 nitrogen and oxygen atoms in total. The maximum Gasteiger partial charge on any atom is 0.416 e. The summed E-state index contributed by atoms with van der Waals surface area (Å²) in [6, 6.07) is 6.14. The van der Waals surface area contributed by atoms with E-state index in [1.165, 1.54) is 22.8 Å². The second-order valence-electron chi connectivity index (χ2n) is 4.88. The average Bonchev–Trinajstić information content (AvgIpc) is 2.88. The van der Waals surface area contributed by atoms with Crippen molar-refractivity contribution in [1.29, 1.82) is 0 Å². The van der Waals surface area contributed by atoms with Gasteiger partial charge in [0.15, 0.2) is 11.5 Å². The number of aromatic nitrogens is 4. The van der Waals surface area contributed by atoms with Crippen LogP contribution in [0.5, 0.6) is 0 Å². The van der Waals surface area contributed by atoms with Crippen LogP contribution >= 0.6 is 0 Å². The summed E-state index contributed by atoms with van der Waals surface area (Å²) in [6.07, 6.45) is -3.72. The number of alkyl halides is 3. The van der Waals surface area contributed by atoms with Gasteiger partial charge in [-0.15, -0.1) is 5.10 Å². The third-order valence-electron chi connectivity index (χ3n) is 3.12. The summed E-state index contributed by atoms with van der Waals surface area (Å²) in [5.41, 5.74) is 0.150. The molecule has 0 saturated heterocycles. The first-order valence-electron chi connectivity index (χ1n) is 6.68. The van der Waals surface area contributed by atoms with Crippen LogP contribution in [-0.2, 0) is 6.18 Å². The van der Waals surface area contributed by atoms with Gasteiger partial charge in [0.1, 0.15) is 6.10 Å². The molecule has 3 rings (SSSR count). The number of rotatable bonds is 3. The second kappa shape index (κ2) is 5.51. The monoisotopic (exact) mass is 323 g/mol. The topological polar surface area (TPSA) is 75.3 Å². The zero-order chi connectivity index (χ0) is 16.6. The molecule has 2 heterocycles. The maximum absolute atomic E-state index is 12.5. The Bertz CT molecular complexity index is 827. The van der Waals surface area contributed by atoms with Crippen molar-refractivity contribution in [2.75, 3.05) is 5.32 Å². The van der Waals surface area contributed by atoms with E-state index in [2.05, 4.69) is 20.4 Å². The predicted octanol–water partition coefficient (Wildman–Crippen LogP) is 2.94. The number of hydrogen-bond acceptors (Lipinski definition) is 5. The van der Waals surface area contributed by atoms with Gasteiger partial charge < -0.3 is 10.4 Å². The minimum Gasteiger partial charge on any atom is -0.385 e. The molecular weight excluding hydrogens is 311 g/mol. The van der Waals surface area contributed by atoms with E-state index in [0.717, 1.165) is 12.1 Å². The van der Waals surface area contributed by atoms with Crippen LogP contribution < -0.4 is 5.32 Å². The van der Waals surface area contributed by atoms with E-state index in [1.807, 2.05) is 0 Å².